The van der Waals surface area contributed by atoms with Gasteiger partial charge in [-0.3, -0.25) is 0 Å². The van der Waals surface area contributed by atoms with Crippen LogP contribution < -0.4 is 0 Å². The number of carbonyl (C=O) groups excluding carboxylic acids is 2. The fraction of sp³-hybridized carbons (Fsp3) is 0.250. The smallest absolute Gasteiger partial charge is 0.357 e. The normalized spacial score (nSPS) is 23.8. The Morgan fingerprint density at radius 1 is 1.45 bits per heavy atom. The van der Waals surface area contributed by atoms with Crippen molar-refractivity contribution in [3.63, 3.8) is 0 Å². The van der Waals surface area contributed by atoms with Crippen LogP contribution in [0.3, 0.4) is 0 Å². The van der Waals surface area contributed by atoms with Gasteiger partial charge in [0.1, 0.15) is 0 Å². The molecule has 0 spiro atoms. The van der Waals surface area contributed by atoms with Crippen LogP contribution in [0.1, 0.15) is 11.5 Å². The molecule has 1 fully saturated rings. The van der Waals surface area contributed by atoms with E-state index in [1.165, 1.54) is 18.2 Å². The molecule has 2 atom stereocenters. The van der Waals surface area contributed by atoms with Gasteiger partial charge in [-0.25, -0.2) is 9.59 Å². The van der Waals surface area contributed by atoms with E-state index in [9.17, 15) is 9.59 Å². The summed E-state index contributed by atoms with van der Waals surface area (Å²) >= 11 is 11.8. The second kappa shape index (κ2) is 5.68. The highest BCUT2D eigenvalue weighted by Crippen LogP contribution is 2.36. The number of ether oxygens (including phenoxy) is 2. The molecule has 20 heavy (non-hydrogen) atoms. The molecule has 1 aliphatic rings. The summed E-state index contributed by atoms with van der Waals surface area (Å²) in [4.78, 5) is 23.3. The number of methoxy groups -OCH3 is 1. The molecule has 2 rings (SSSR count). The first-order valence-electron chi connectivity index (χ1n) is 5.45. The van der Waals surface area contributed by atoms with Crippen molar-refractivity contribution in [2.45, 2.75) is 12.0 Å². The van der Waals surface area contributed by atoms with Gasteiger partial charge in [0, 0.05) is 10.0 Å². The molecule has 8 heteroatoms. The molecule has 1 aromatic rings. The highest BCUT2D eigenvalue weighted by Gasteiger charge is 2.48. The van der Waals surface area contributed by atoms with Crippen LogP contribution in [-0.4, -0.2) is 36.1 Å². The Labute approximate surface area is 123 Å². The van der Waals surface area contributed by atoms with Gasteiger partial charge in [-0.1, -0.05) is 34.4 Å². The Morgan fingerprint density at radius 3 is 2.70 bits per heavy atom. The summed E-state index contributed by atoms with van der Waals surface area (Å²) in [5.74, 6) is -2.63. The number of hydrogen-bond acceptors (Lipinski definition) is 6. The highest BCUT2D eigenvalue weighted by molar-refractivity contribution is 6.42. The van der Waals surface area contributed by atoms with Gasteiger partial charge in [0.25, 0.3) is 0 Å². The molecule has 1 heterocycles. The first kappa shape index (κ1) is 14.6. The van der Waals surface area contributed by atoms with Gasteiger partial charge in [0.2, 0.25) is 6.10 Å². The minimum Gasteiger partial charge on any atom is -0.466 e. The van der Waals surface area contributed by atoms with Crippen LogP contribution >= 0.6 is 23.2 Å². The third-order valence-electron chi connectivity index (χ3n) is 2.88. The maximum absolute atomic E-state index is 11.7. The zero-order valence-corrected chi connectivity index (χ0v) is 11.7. The molecule has 1 saturated heterocycles. The van der Waals surface area contributed by atoms with Gasteiger partial charge >= 0.3 is 11.9 Å². The van der Waals surface area contributed by atoms with Crippen molar-refractivity contribution in [2.24, 2.45) is 5.16 Å². The predicted octanol–water partition coefficient (Wildman–Crippen LogP) is 2.01. The largest absolute Gasteiger partial charge is 0.466 e. The van der Waals surface area contributed by atoms with Gasteiger partial charge in [-0.15, -0.1) is 0 Å². The van der Waals surface area contributed by atoms with Crippen molar-refractivity contribution in [3.8, 4) is 0 Å². The van der Waals surface area contributed by atoms with E-state index in [1.807, 2.05) is 0 Å². The lowest BCUT2D eigenvalue weighted by atomic mass is 9.91. The lowest BCUT2D eigenvalue weighted by Gasteiger charge is -2.16. The van der Waals surface area contributed by atoms with E-state index in [0.717, 1.165) is 7.11 Å². The molecule has 0 radical (unpaired) electrons. The first-order chi connectivity index (χ1) is 9.49. The van der Waals surface area contributed by atoms with Gasteiger partial charge < -0.3 is 14.7 Å². The van der Waals surface area contributed by atoms with Gasteiger partial charge in [0.15, 0.2) is 5.71 Å². The summed E-state index contributed by atoms with van der Waals surface area (Å²) in [7, 11) is 1.16. The average molecular weight is 318 g/mol. The molecule has 1 aromatic carbocycles. The number of esters is 2. The summed E-state index contributed by atoms with van der Waals surface area (Å²) < 4.78 is 9.44. The average Bonchev–Trinajstić information content (AvgIpc) is 2.74. The zero-order chi connectivity index (χ0) is 14.9. The monoisotopic (exact) mass is 317 g/mol. The predicted molar refractivity (Wildman–Crippen MR) is 70.3 cm³/mol. The van der Waals surface area contributed by atoms with Crippen molar-refractivity contribution in [2.75, 3.05) is 7.11 Å². The molecular weight excluding hydrogens is 309 g/mol. The Kier molecular flexibility index (Phi) is 4.15. The van der Waals surface area contributed by atoms with Crippen molar-refractivity contribution in [1.82, 2.24) is 0 Å². The van der Waals surface area contributed by atoms with E-state index in [-0.39, 0.29) is 10.7 Å². The van der Waals surface area contributed by atoms with Crippen LogP contribution in [0.15, 0.2) is 23.4 Å². The number of cyclic esters (lactones) is 1. The third-order valence-corrected chi connectivity index (χ3v) is 3.44. The van der Waals surface area contributed by atoms with Gasteiger partial charge in [-0.2, -0.15) is 0 Å². The van der Waals surface area contributed by atoms with Crippen LogP contribution in [0.5, 0.6) is 0 Å². The Balaban J connectivity index is 2.53. The third kappa shape index (κ3) is 2.44. The fourth-order valence-electron chi connectivity index (χ4n) is 1.98. The number of rotatable bonds is 2. The number of carbonyl (C=O) groups is 2. The Bertz CT molecular complexity index is 602. The molecule has 1 N–H and O–H groups in total. The molecule has 0 aromatic heterocycles. The van der Waals surface area contributed by atoms with Gasteiger partial charge in [-0.05, 0) is 17.7 Å². The lowest BCUT2D eigenvalue weighted by Crippen LogP contribution is -2.28. The van der Waals surface area contributed by atoms with Crippen molar-refractivity contribution < 1.29 is 24.3 Å². The number of benzene rings is 1. The molecule has 0 saturated carbocycles. The minimum absolute atomic E-state index is 0.218. The summed E-state index contributed by atoms with van der Waals surface area (Å²) in [5.41, 5.74) is 0.0646. The number of oxime groups is 1. The summed E-state index contributed by atoms with van der Waals surface area (Å²) in [5, 5.41) is 12.5. The van der Waals surface area contributed by atoms with Crippen LogP contribution in [0.4, 0.5) is 0 Å². The SMILES string of the molecule is COC(=O)[C@@H]1OC(=O)/C(=N/O)[C@H]1c1ccc(Cl)cc1Cl. The molecule has 6 nitrogen and oxygen atoms in total. The molecule has 106 valence electrons. The van der Waals surface area contributed by atoms with Crippen LogP contribution in [0.2, 0.25) is 10.0 Å². The van der Waals surface area contributed by atoms with Crippen molar-refractivity contribution in [3.05, 3.63) is 33.8 Å². The second-order valence-electron chi connectivity index (χ2n) is 3.98. The van der Waals surface area contributed by atoms with Crippen LogP contribution in [0.25, 0.3) is 0 Å². The van der Waals surface area contributed by atoms with E-state index in [0.29, 0.717) is 10.6 Å². The molecule has 0 unspecified atom stereocenters. The maximum atomic E-state index is 11.7. The quantitative estimate of drug-likeness (QED) is 0.512. The van der Waals surface area contributed by atoms with E-state index in [4.69, 9.17) is 33.1 Å². The standard InChI is InChI=1S/C12H9Cl2NO5/c1-19-12(17)10-8(9(15-18)11(16)20-10)6-3-2-5(13)4-7(6)14/h2-4,8,10,18H,1H3/b15-9+/t8-,10-/m1/s1. The Morgan fingerprint density at radius 2 is 2.15 bits per heavy atom. The van der Waals surface area contributed by atoms with E-state index >= 15 is 0 Å². The minimum atomic E-state index is -1.25. The van der Waals surface area contributed by atoms with Crippen LogP contribution in [-0.2, 0) is 19.1 Å². The molecule has 0 aliphatic carbocycles. The number of nitrogens with zero attached hydrogens (tertiary/aromatic N) is 1. The maximum Gasteiger partial charge on any atom is 0.357 e. The van der Waals surface area contributed by atoms with Crippen LogP contribution in [0, 0.1) is 0 Å². The number of halogens is 2. The zero-order valence-electron chi connectivity index (χ0n) is 10.2. The Hall–Kier alpha value is -1.79. The second-order valence-corrected chi connectivity index (χ2v) is 4.82. The van der Waals surface area contributed by atoms with Crippen molar-refractivity contribution in [1.29, 1.82) is 0 Å². The lowest BCUT2D eigenvalue weighted by molar-refractivity contribution is -0.159. The van der Waals surface area contributed by atoms with Gasteiger partial charge in [0.05, 0.1) is 13.0 Å². The highest BCUT2D eigenvalue weighted by atomic mass is 35.5. The van der Waals surface area contributed by atoms with E-state index in [2.05, 4.69) is 9.89 Å². The summed E-state index contributed by atoms with van der Waals surface area (Å²) in [6, 6.07) is 4.51. The number of hydrogen-bond donors (Lipinski definition) is 1. The summed E-state index contributed by atoms with van der Waals surface area (Å²) in [6.45, 7) is 0. The van der Waals surface area contributed by atoms with Crippen molar-refractivity contribution >= 4 is 40.9 Å². The fourth-order valence-corrected chi connectivity index (χ4v) is 2.51. The first-order valence-corrected chi connectivity index (χ1v) is 6.21. The molecule has 0 bridgehead atoms. The van der Waals surface area contributed by atoms with E-state index < -0.39 is 24.0 Å². The topological polar surface area (TPSA) is 85.2 Å². The molecule has 0 amide bonds. The molecule has 1 aliphatic heterocycles. The van der Waals surface area contributed by atoms with E-state index in [1.54, 1.807) is 0 Å². The molecular formula is C12H9Cl2NO5. The summed E-state index contributed by atoms with van der Waals surface area (Å²) in [6.07, 6.45) is -1.25.